The molecule has 0 aliphatic carbocycles. The fraction of sp³-hybridized carbons (Fsp3) is 0.733. The summed E-state index contributed by atoms with van der Waals surface area (Å²) in [4.78, 5) is 50.0. The van der Waals surface area contributed by atoms with E-state index >= 15 is 0 Å². The smallest absolute Gasteiger partial charge is 0.328 e. The van der Waals surface area contributed by atoms with Crippen molar-refractivity contribution in [3.05, 3.63) is 0 Å². The number of carboxylic acid groups (broad SMARTS) is 1. The van der Waals surface area contributed by atoms with E-state index in [1.807, 2.05) is 6.92 Å². The predicted octanol–water partition coefficient (Wildman–Crippen LogP) is -0.421. The molecule has 0 unspecified atom stereocenters. The van der Waals surface area contributed by atoms with Gasteiger partial charge in [0.2, 0.25) is 17.7 Å². The summed E-state index contributed by atoms with van der Waals surface area (Å²) >= 11 is 0. The molecule has 2 heterocycles. The molecule has 2 fully saturated rings. The molecule has 3 amide bonds. The van der Waals surface area contributed by atoms with E-state index in [1.165, 1.54) is 4.90 Å². The van der Waals surface area contributed by atoms with E-state index in [1.54, 1.807) is 4.90 Å². The molecule has 0 aromatic rings. The van der Waals surface area contributed by atoms with Gasteiger partial charge < -0.3 is 20.2 Å². The van der Waals surface area contributed by atoms with Crippen molar-refractivity contribution in [3.63, 3.8) is 0 Å². The van der Waals surface area contributed by atoms with Gasteiger partial charge in [-0.3, -0.25) is 14.4 Å². The normalized spacial score (nSPS) is 20.7. The molecule has 0 spiro atoms. The molecule has 8 nitrogen and oxygen atoms in total. The zero-order chi connectivity index (χ0) is 17.0. The summed E-state index contributed by atoms with van der Waals surface area (Å²) in [5.74, 6) is -1.74. The minimum absolute atomic E-state index is 0.0449. The van der Waals surface area contributed by atoms with Gasteiger partial charge in [0.15, 0.2) is 0 Å². The van der Waals surface area contributed by atoms with Gasteiger partial charge in [-0.25, -0.2) is 4.79 Å². The molecule has 2 aliphatic heterocycles. The lowest BCUT2D eigenvalue weighted by molar-refractivity contribution is -0.148. The average molecular weight is 325 g/mol. The van der Waals surface area contributed by atoms with Crippen LogP contribution < -0.4 is 5.32 Å². The van der Waals surface area contributed by atoms with Crippen molar-refractivity contribution >= 4 is 23.7 Å². The molecule has 2 atom stereocenters. The molecule has 0 radical (unpaired) electrons. The van der Waals surface area contributed by atoms with Crippen molar-refractivity contribution in [2.24, 2.45) is 0 Å². The van der Waals surface area contributed by atoms with Crippen LogP contribution in [0.4, 0.5) is 0 Å². The molecule has 0 bridgehead atoms. The van der Waals surface area contributed by atoms with Gasteiger partial charge in [0.05, 0.1) is 0 Å². The number of amides is 3. The zero-order valence-corrected chi connectivity index (χ0v) is 13.3. The van der Waals surface area contributed by atoms with Crippen LogP contribution in [0.1, 0.15) is 39.0 Å². The fourth-order valence-electron chi connectivity index (χ4n) is 3.19. The van der Waals surface area contributed by atoms with E-state index in [0.717, 1.165) is 6.42 Å². The summed E-state index contributed by atoms with van der Waals surface area (Å²) in [7, 11) is 0. The van der Waals surface area contributed by atoms with Gasteiger partial charge in [-0.05, 0) is 19.3 Å². The first kappa shape index (κ1) is 17.2. The van der Waals surface area contributed by atoms with Gasteiger partial charge >= 0.3 is 5.97 Å². The number of likely N-dealkylation sites (tertiary alicyclic amines) is 2. The first-order valence-electron chi connectivity index (χ1n) is 8.05. The predicted molar refractivity (Wildman–Crippen MR) is 80.4 cm³/mol. The summed E-state index contributed by atoms with van der Waals surface area (Å²) in [6.07, 6.45) is 2.64. The Balaban J connectivity index is 1.96. The summed E-state index contributed by atoms with van der Waals surface area (Å²) in [6.45, 7) is 2.62. The number of nitrogens with zero attached hydrogens (tertiary/aromatic N) is 2. The molecule has 2 N–H and O–H groups in total. The van der Waals surface area contributed by atoms with Crippen molar-refractivity contribution in [1.82, 2.24) is 15.1 Å². The first-order valence-corrected chi connectivity index (χ1v) is 8.05. The topological polar surface area (TPSA) is 107 Å². The lowest BCUT2D eigenvalue weighted by Crippen LogP contribution is -2.53. The van der Waals surface area contributed by atoms with Crippen molar-refractivity contribution in [2.75, 3.05) is 19.6 Å². The lowest BCUT2D eigenvalue weighted by atomic mass is 10.1. The maximum absolute atomic E-state index is 12.3. The van der Waals surface area contributed by atoms with Crippen LogP contribution in [-0.2, 0) is 19.2 Å². The minimum atomic E-state index is -1.13. The molecule has 2 rings (SSSR count). The molecule has 2 aliphatic rings. The third kappa shape index (κ3) is 3.80. The van der Waals surface area contributed by atoms with Gasteiger partial charge in [-0.15, -0.1) is 0 Å². The Bertz CT molecular complexity index is 507. The van der Waals surface area contributed by atoms with E-state index < -0.39 is 18.1 Å². The van der Waals surface area contributed by atoms with E-state index in [-0.39, 0.29) is 24.3 Å². The summed E-state index contributed by atoms with van der Waals surface area (Å²) in [6, 6.07) is -1.63. The number of carbonyl (C=O) groups excluding carboxylic acids is 3. The second kappa shape index (κ2) is 7.43. The molecule has 128 valence electrons. The van der Waals surface area contributed by atoms with Gasteiger partial charge in [0.25, 0.3) is 0 Å². The number of hydrogen-bond donors (Lipinski definition) is 2. The number of rotatable bonds is 7. The number of carboxylic acids is 1. The molecule has 2 saturated heterocycles. The fourth-order valence-corrected chi connectivity index (χ4v) is 3.19. The third-order valence-electron chi connectivity index (χ3n) is 4.42. The lowest BCUT2D eigenvalue weighted by Gasteiger charge is -2.28. The van der Waals surface area contributed by atoms with Crippen LogP contribution in [-0.4, -0.2) is 70.3 Å². The van der Waals surface area contributed by atoms with Crippen LogP contribution in [0.3, 0.4) is 0 Å². The van der Waals surface area contributed by atoms with E-state index in [2.05, 4.69) is 5.32 Å². The number of carbonyl (C=O) groups is 4. The second-order valence-electron chi connectivity index (χ2n) is 5.90. The standard InChI is InChI=1S/C15H23N3O5/c1-2-10(17-7-3-5-12(17)19)14(21)16-9-11(15(22)23)18-8-4-6-13(18)20/h10-11H,2-9H2,1H3,(H,16,21)(H,22,23)/t10-,11+/m1/s1. The Hall–Kier alpha value is -2.12. The highest BCUT2D eigenvalue weighted by Crippen LogP contribution is 2.17. The Labute approximate surface area is 134 Å². The Morgan fingerprint density at radius 1 is 1.09 bits per heavy atom. The van der Waals surface area contributed by atoms with Crippen LogP contribution in [0.15, 0.2) is 0 Å². The number of nitrogens with one attached hydrogen (secondary N) is 1. The summed E-state index contributed by atoms with van der Waals surface area (Å²) < 4.78 is 0. The maximum atomic E-state index is 12.3. The van der Waals surface area contributed by atoms with Crippen molar-refractivity contribution in [3.8, 4) is 0 Å². The Morgan fingerprint density at radius 2 is 1.61 bits per heavy atom. The first-order chi connectivity index (χ1) is 11.0. The van der Waals surface area contributed by atoms with E-state index in [4.69, 9.17) is 0 Å². The van der Waals surface area contributed by atoms with Gasteiger partial charge in [0, 0.05) is 32.5 Å². The average Bonchev–Trinajstić information content (AvgIpc) is 3.10. The van der Waals surface area contributed by atoms with Crippen LogP contribution >= 0.6 is 0 Å². The van der Waals surface area contributed by atoms with Crippen molar-refractivity contribution < 1.29 is 24.3 Å². The molecule has 0 saturated carbocycles. The third-order valence-corrected chi connectivity index (χ3v) is 4.42. The van der Waals surface area contributed by atoms with Crippen molar-refractivity contribution in [2.45, 2.75) is 51.1 Å². The monoisotopic (exact) mass is 325 g/mol. The SMILES string of the molecule is CC[C@H](C(=O)NC[C@@H](C(=O)O)N1CCCC1=O)N1CCCC1=O. The van der Waals surface area contributed by atoms with Crippen LogP contribution in [0.25, 0.3) is 0 Å². The minimum Gasteiger partial charge on any atom is -0.480 e. The van der Waals surface area contributed by atoms with Crippen LogP contribution in [0, 0.1) is 0 Å². The van der Waals surface area contributed by atoms with E-state index in [0.29, 0.717) is 38.8 Å². The molecule has 0 aromatic carbocycles. The largest absolute Gasteiger partial charge is 0.480 e. The molecule has 8 heteroatoms. The zero-order valence-electron chi connectivity index (χ0n) is 13.3. The van der Waals surface area contributed by atoms with Gasteiger partial charge in [-0.2, -0.15) is 0 Å². The highest BCUT2D eigenvalue weighted by Gasteiger charge is 2.35. The Kier molecular flexibility index (Phi) is 5.57. The second-order valence-corrected chi connectivity index (χ2v) is 5.90. The maximum Gasteiger partial charge on any atom is 0.328 e. The molecule has 23 heavy (non-hydrogen) atoms. The van der Waals surface area contributed by atoms with Crippen LogP contribution in [0.5, 0.6) is 0 Å². The Morgan fingerprint density at radius 3 is 2.00 bits per heavy atom. The van der Waals surface area contributed by atoms with Gasteiger partial charge in [-0.1, -0.05) is 6.92 Å². The summed E-state index contributed by atoms with van der Waals surface area (Å²) in [5, 5.41) is 11.9. The van der Waals surface area contributed by atoms with E-state index in [9.17, 15) is 24.3 Å². The highest BCUT2D eigenvalue weighted by molar-refractivity contribution is 5.89. The molecule has 0 aromatic heterocycles. The highest BCUT2D eigenvalue weighted by atomic mass is 16.4. The van der Waals surface area contributed by atoms with Gasteiger partial charge in [0.1, 0.15) is 12.1 Å². The molecular formula is C15H23N3O5. The summed E-state index contributed by atoms with van der Waals surface area (Å²) in [5.41, 5.74) is 0. The van der Waals surface area contributed by atoms with Crippen molar-refractivity contribution in [1.29, 1.82) is 0 Å². The number of hydrogen-bond acceptors (Lipinski definition) is 4. The quantitative estimate of drug-likeness (QED) is 0.661. The number of aliphatic carboxylic acids is 1. The van der Waals surface area contributed by atoms with Crippen LogP contribution in [0.2, 0.25) is 0 Å². The molecular weight excluding hydrogens is 302 g/mol.